The zero-order valence-electron chi connectivity index (χ0n) is 26.6. The number of thiazole rings is 1. The van der Waals surface area contributed by atoms with E-state index in [1.54, 1.807) is 23.7 Å². The maximum Gasteiger partial charge on any atom is 0.214 e. The number of unbranched alkanes of at least 4 members (excludes halogenated alkanes) is 5. The average Bonchev–Trinajstić information content (AvgIpc) is 3.74. The Labute approximate surface area is 276 Å². The maximum absolute atomic E-state index is 10.3. The number of hydrogen-bond acceptors (Lipinski definition) is 8. The van der Waals surface area contributed by atoms with E-state index in [0.717, 1.165) is 65.7 Å². The Morgan fingerprint density at radius 1 is 1.07 bits per heavy atom. The van der Waals surface area contributed by atoms with Gasteiger partial charge in [-0.2, -0.15) is 5.26 Å². The van der Waals surface area contributed by atoms with Crippen molar-refractivity contribution >= 4 is 39.5 Å². The van der Waals surface area contributed by atoms with E-state index in [-0.39, 0.29) is 0 Å². The van der Waals surface area contributed by atoms with Crippen molar-refractivity contribution < 1.29 is 5.11 Å². The first-order valence-corrected chi connectivity index (χ1v) is 17.2. The molecule has 0 fully saturated rings. The molecule has 9 nitrogen and oxygen atoms in total. The summed E-state index contributed by atoms with van der Waals surface area (Å²) in [6.45, 7) is 4.32. The molecule has 5 rings (SSSR count). The lowest BCUT2D eigenvalue weighted by molar-refractivity contribution is 0.174. The monoisotopic (exact) mass is 636 g/mol. The molecule has 3 heterocycles. The number of aliphatic hydroxyl groups excluding tert-OH is 1. The number of guanidine groups is 1. The zero-order valence-corrected chi connectivity index (χ0v) is 27.4. The summed E-state index contributed by atoms with van der Waals surface area (Å²) in [4.78, 5) is 16.2. The minimum atomic E-state index is -0.584. The highest BCUT2D eigenvalue weighted by Gasteiger charge is 2.25. The van der Waals surface area contributed by atoms with E-state index in [9.17, 15) is 10.4 Å². The lowest BCUT2D eigenvalue weighted by Crippen LogP contribution is -2.26. The summed E-state index contributed by atoms with van der Waals surface area (Å²) >= 11 is 1.71. The molecule has 2 aromatic heterocycles. The highest BCUT2D eigenvalue weighted by Crippen LogP contribution is 2.40. The van der Waals surface area contributed by atoms with Crippen LogP contribution in [0.15, 0.2) is 77.4 Å². The summed E-state index contributed by atoms with van der Waals surface area (Å²) in [5.74, 6) is 0.378. The molecule has 1 aliphatic rings. The molecule has 0 radical (unpaired) electrons. The number of rotatable bonds is 16. The summed E-state index contributed by atoms with van der Waals surface area (Å²) in [7, 11) is 0. The van der Waals surface area contributed by atoms with Crippen molar-refractivity contribution in [3.05, 3.63) is 94.8 Å². The topological polar surface area (TPSA) is 121 Å². The van der Waals surface area contributed by atoms with Crippen molar-refractivity contribution in [2.24, 2.45) is 4.99 Å². The molecule has 10 heteroatoms. The first kappa shape index (κ1) is 33.1. The second-order valence-corrected chi connectivity index (χ2v) is 12.4. The second-order valence-electron chi connectivity index (χ2n) is 11.6. The number of nitrogens with zero attached hydrogens (tertiary/aromatic N) is 5. The number of aromatic nitrogens is 2. The minimum Gasteiger partial charge on any atom is -0.387 e. The number of nitrogens with one attached hydrogen (secondary N) is 3. The van der Waals surface area contributed by atoms with E-state index in [4.69, 9.17) is 9.98 Å². The van der Waals surface area contributed by atoms with Crippen LogP contribution >= 0.6 is 11.3 Å². The van der Waals surface area contributed by atoms with Gasteiger partial charge in [0, 0.05) is 53.4 Å². The van der Waals surface area contributed by atoms with Crippen molar-refractivity contribution in [3.8, 4) is 6.19 Å². The fraction of sp³-hybridized carbons (Fsp3) is 0.389. The van der Waals surface area contributed by atoms with E-state index in [2.05, 4.69) is 56.3 Å². The van der Waals surface area contributed by atoms with Crippen LogP contribution < -0.4 is 20.9 Å². The van der Waals surface area contributed by atoms with Crippen molar-refractivity contribution in [3.63, 3.8) is 0 Å². The molecule has 240 valence electrons. The predicted molar refractivity (Wildman–Crippen MR) is 188 cm³/mol. The zero-order chi connectivity index (χ0) is 32.0. The van der Waals surface area contributed by atoms with Crippen LogP contribution in [-0.4, -0.2) is 40.7 Å². The van der Waals surface area contributed by atoms with Crippen LogP contribution in [0.25, 0.3) is 0 Å². The molecule has 4 aromatic rings. The van der Waals surface area contributed by atoms with Gasteiger partial charge in [0.2, 0.25) is 5.96 Å². The summed E-state index contributed by atoms with van der Waals surface area (Å²) in [5, 5.41) is 32.3. The van der Waals surface area contributed by atoms with Crippen LogP contribution in [0.2, 0.25) is 0 Å². The Hall–Kier alpha value is -4.30. The number of anilines is 3. The normalized spacial score (nSPS) is 13.3. The van der Waals surface area contributed by atoms with E-state index in [1.165, 1.54) is 49.8 Å². The highest BCUT2D eigenvalue weighted by molar-refractivity contribution is 7.13. The number of aliphatic imine (C=N–C) groups is 1. The summed E-state index contributed by atoms with van der Waals surface area (Å²) in [6.07, 6.45) is 15.3. The molecule has 0 amide bonds. The van der Waals surface area contributed by atoms with Gasteiger partial charge in [-0.05, 0) is 68.1 Å². The molecule has 4 N–H and O–H groups in total. The number of fused-ring (bicyclic) bond motifs is 1. The molecule has 0 saturated heterocycles. The standard InChI is InChI=1S/C36H44N8OS/c1-2-3-4-5-6-7-11-30-25-46-36(42-30)44-22-19-31-32(12-8-13-33(31)44)43-35(40-26-37)41-29-16-14-27(15-17-29)18-21-39-24-34(45)28-10-9-20-38-23-28/h8-10,12-17,20,23,25,34,39,45H,2-7,11,18-19,21-22,24H2,1H3,(H2,40,41,43)/t34-/m0/s1. The van der Waals surface area contributed by atoms with Crippen LogP contribution in [-0.2, 0) is 19.3 Å². The fourth-order valence-electron chi connectivity index (χ4n) is 5.66. The summed E-state index contributed by atoms with van der Waals surface area (Å²) in [5.41, 5.74) is 7.11. The van der Waals surface area contributed by atoms with E-state index >= 15 is 0 Å². The fourth-order valence-corrected chi connectivity index (χ4v) is 6.55. The molecule has 0 spiro atoms. The van der Waals surface area contributed by atoms with Gasteiger partial charge < -0.3 is 20.6 Å². The Morgan fingerprint density at radius 3 is 2.72 bits per heavy atom. The third-order valence-electron chi connectivity index (χ3n) is 8.18. The van der Waals surface area contributed by atoms with E-state index in [1.807, 2.05) is 42.6 Å². The lowest BCUT2D eigenvalue weighted by atomic mass is 10.1. The lowest BCUT2D eigenvalue weighted by Gasteiger charge is -2.16. The quantitative estimate of drug-likeness (QED) is 0.0336. The molecular formula is C36H44N8OS. The molecule has 0 saturated carbocycles. The Kier molecular flexibility index (Phi) is 12.5. The van der Waals surface area contributed by atoms with Crippen molar-refractivity contribution in [1.82, 2.24) is 20.6 Å². The van der Waals surface area contributed by atoms with Gasteiger partial charge in [0.15, 0.2) is 11.3 Å². The molecule has 0 aliphatic carbocycles. The molecule has 1 aliphatic heterocycles. The predicted octanol–water partition coefficient (Wildman–Crippen LogP) is 7.17. The first-order chi connectivity index (χ1) is 22.6. The summed E-state index contributed by atoms with van der Waals surface area (Å²) in [6, 6.07) is 17.9. The highest BCUT2D eigenvalue weighted by atomic mass is 32.1. The molecule has 2 aromatic carbocycles. The van der Waals surface area contributed by atoms with E-state index < -0.39 is 6.10 Å². The van der Waals surface area contributed by atoms with Gasteiger partial charge in [0.1, 0.15) is 0 Å². The number of benzene rings is 2. The van der Waals surface area contributed by atoms with Crippen LogP contribution in [0.3, 0.4) is 0 Å². The number of aryl methyl sites for hydroxylation is 1. The molecule has 0 bridgehead atoms. The van der Waals surface area contributed by atoms with Gasteiger partial charge in [-0.1, -0.05) is 63.3 Å². The second kappa shape index (κ2) is 17.4. The molecule has 46 heavy (non-hydrogen) atoms. The third kappa shape index (κ3) is 9.36. The van der Waals surface area contributed by atoms with Crippen LogP contribution in [0.5, 0.6) is 0 Å². The van der Waals surface area contributed by atoms with Gasteiger partial charge in [-0.3, -0.25) is 10.3 Å². The molecule has 1 atom stereocenters. The average molecular weight is 637 g/mol. The first-order valence-electron chi connectivity index (χ1n) is 16.4. The molecular weight excluding hydrogens is 593 g/mol. The van der Waals surface area contributed by atoms with Gasteiger partial charge in [-0.15, -0.1) is 11.3 Å². The van der Waals surface area contributed by atoms with E-state index in [0.29, 0.717) is 12.5 Å². The maximum atomic E-state index is 10.3. The Morgan fingerprint density at radius 2 is 1.91 bits per heavy atom. The van der Waals surface area contributed by atoms with Crippen molar-refractivity contribution in [2.75, 3.05) is 29.9 Å². The van der Waals surface area contributed by atoms with Gasteiger partial charge in [0.25, 0.3) is 0 Å². The largest absolute Gasteiger partial charge is 0.387 e. The van der Waals surface area contributed by atoms with Crippen LogP contribution in [0.1, 0.15) is 73.9 Å². The number of nitriles is 1. The van der Waals surface area contributed by atoms with Crippen molar-refractivity contribution in [2.45, 2.75) is 70.8 Å². The number of aliphatic hydroxyl groups is 1. The van der Waals surface area contributed by atoms with Crippen LogP contribution in [0.4, 0.5) is 22.2 Å². The third-order valence-corrected chi connectivity index (χ3v) is 9.09. The minimum absolute atomic E-state index is 0.378. The van der Waals surface area contributed by atoms with Gasteiger partial charge in [-0.25, -0.2) is 9.98 Å². The number of pyridine rings is 1. The van der Waals surface area contributed by atoms with Gasteiger partial charge in [0.05, 0.1) is 17.5 Å². The Bertz CT molecular complexity index is 1580. The Balaban J connectivity index is 1.16. The SMILES string of the molecule is CCCCCCCCc1csc(N2CCc3c(N=C(NC#N)Nc4ccc(CCNC[C@H](O)c5cccnc5)cc4)cccc32)n1. The summed E-state index contributed by atoms with van der Waals surface area (Å²) < 4.78 is 0. The van der Waals surface area contributed by atoms with Crippen molar-refractivity contribution in [1.29, 1.82) is 5.26 Å². The molecule has 0 unspecified atom stereocenters. The van der Waals surface area contributed by atoms with Gasteiger partial charge >= 0.3 is 0 Å². The van der Waals surface area contributed by atoms with Crippen LogP contribution in [0, 0.1) is 11.5 Å². The number of hydrogen-bond donors (Lipinski definition) is 4. The smallest absolute Gasteiger partial charge is 0.214 e.